The van der Waals surface area contributed by atoms with Crippen LogP contribution in [-0.2, 0) is 14.4 Å². The minimum absolute atomic E-state index is 0.0441. The van der Waals surface area contributed by atoms with Crippen molar-refractivity contribution in [1.29, 1.82) is 0 Å². The summed E-state index contributed by atoms with van der Waals surface area (Å²) in [5, 5.41) is 7.84. The second-order valence-corrected chi connectivity index (χ2v) is 6.98. The highest BCUT2D eigenvalue weighted by Crippen LogP contribution is 2.29. The highest BCUT2D eigenvalue weighted by molar-refractivity contribution is 5.87. The summed E-state index contributed by atoms with van der Waals surface area (Å²) >= 11 is 0. The van der Waals surface area contributed by atoms with Gasteiger partial charge in [-0.3, -0.25) is 14.4 Å². The molecule has 6 heteroatoms. The molecule has 0 spiro atoms. The van der Waals surface area contributed by atoms with Gasteiger partial charge in [0.05, 0.1) is 19.1 Å². The van der Waals surface area contributed by atoms with Crippen molar-refractivity contribution in [2.24, 2.45) is 5.41 Å². The molecular formula is C18H27N3O3. The van der Waals surface area contributed by atoms with Crippen LogP contribution in [0.4, 0.5) is 0 Å². The number of hydrogen-bond acceptors (Lipinski definition) is 3. The van der Waals surface area contributed by atoms with Crippen molar-refractivity contribution in [3.63, 3.8) is 0 Å². The second-order valence-electron chi connectivity index (χ2n) is 6.98. The fraction of sp³-hybridized carbons (Fsp3) is 0.500. The number of rotatable bonds is 7. The summed E-state index contributed by atoms with van der Waals surface area (Å²) in [4.78, 5) is 34.4. The van der Waals surface area contributed by atoms with Crippen LogP contribution in [0, 0.1) is 5.41 Å². The minimum atomic E-state index is -0.396. The molecule has 1 rings (SSSR count). The van der Waals surface area contributed by atoms with Gasteiger partial charge in [0.2, 0.25) is 17.7 Å². The van der Waals surface area contributed by atoms with Crippen LogP contribution in [0.5, 0.6) is 0 Å². The van der Waals surface area contributed by atoms with Gasteiger partial charge in [-0.1, -0.05) is 51.1 Å². The zero-order chi connectivity index (χ0) is 18.2. The van der Waals surface area contributed by atoms with Gasteiger partial charge < -0.3 is 16.0 Å². The van der Waals surface area contributed by atoms with Crippen molar-refractivity contribution in [3.05, 3.63) is 35.9 Å². The highest BCUT2D eigenvalue weighted by atomic mass is 16.2. The Morgan fingerprint density at radius 2 is 1.54 bits per heavy atom. The first-order valence-electron chi connectivity index (χ1n) is 8.03. The van der Waals surface area contributed by atoms with Crippen molar-refractivity contribution in [2.45, 2.75) is 40.2 Å². The average molecular weight is 333 g/mol. The molecule has 0 aromatic heterocycles. The maximum Gasteiger partial charge on any atom is 0.239 e. The molecule has 0 saturated heterocycles. The van der Waals surface area contributed by atoms with E-state index in [1.54, 1.807) is 0 Å². The van der Waals surface area contributed by atoms with E-state index < -0.39 is 5.91 Å². The van der Waals surface area contributed by atoms with Crippen molar-refractivity contribution in [2.75, 3.05) is 13.1 Å². The molecule has 132 valence electrons. The topological polar surface area (TPSA) is 87.3 Å². The fourth-order valence-electron chi connectivity index (χ4n) is 2.24. The highest BCUT2D eigenvalue weighted by Gasteiger charge is 2.22. The zero-order valence-corrected chi connectivity index (χ0v) is 14.8. The van der Waals surface area contributed by atoms with E-state index in [0.717, 1.165) is 12.0 Å². The molecule has 0 bridgehead atoms. The molecule has 6 nitrogen and oxygen atoms in total. The summed E-state index contributed by atoms with van der Waals surface area (Å²) in [6, 6.07) is 9.64. The summed E-state index contributed by atoms with van der Waals surface area (Å²) in [6.45, 7) is 7.43. The molecule has 1 aromatic rings. The van der Waals surface area contributed by atoms with Crippen molar-refractivity contribution >= 4 is 17.7 Å². The Morgan fingerprint density at radius 3 is 2.08 bits per heavy atom. The van der Waals surface area contributed by atoms with Gasteiger partial charge in [-0.2, -0.15) is 0 Å². The second kappa shape index (κ2) is 9.05. The van der Waals surface area contributed by atoms with Gasteiger partial charge in [0.25, 0.3) is 0 Å². The summed E-state index contributed by atoms with van der Waals surface area (Å²) in [5.74, 6) is -0.944. The van der Waals surface area contributed by atoms with Gasteiger partial charge in [0.1, 0.15) is 0 Å². The fourth-order valence-corrected chi connectivity index (χ4v) is 2.24. The van der Waals surface area contributed by atoms with Gasteiger partial charge >= 0.3 is 0 Å². The van der Waals surface area contributed by atoms with Crippen LogP contribution >= 0.6 is 0 Å². The first-order chi connectivity index (χ1) is 11.2. The minimum Gasteiger partial charge on any atom is -0.348 e. The number of carbonyl (C=O) groups excluding carboxylic acids is 3. The largest absolute Gasteiger partial charge is 0.348 e. The van der Waals surface area contributed by atoms with Crippen LogP contribution < -0.4 is 16.0 Å². The van der Waals surface area contributed by atoms with Gasteiger partial charge in [-0.25, -0.2) is 0 Å². The van der Waals surface area contributed by atoms with E-state index in [-0.39, 0.29) is 36.4 Å². The zero-order valence-electron chi connectivity index (χ0n) is 14.8. The molecular weight excluding hydrogens is 306 g/mol. The lowest BCUT2D eigenvalue weighted by atomic mass is 9.85. The first-order valence-corrected chi connectivity index (χ1v) is 8.03. The molecule has 0 aliphatic carbocycles. The Hall–Kier alpha value is -2.37. The molecule has 0 aliphatic rings. The number of hydrogen-bond donors (Lipinski definition) is 3. The van der Waals surface area contributed by atoms with E-state index in [1.165, 1.54) is 6.92 Å². The van der Waals surface area contributed by atoms with Crippen LogP contribution in [0.15, 0.2) is 30.3 Å². The molecule has 3 amide bonds. The number of benzene rings is 1. The predicted molar refractivity (Wildman–Crippen MR) is 93.1 cm³/mol. The number of nitrogens with one attached hydrogen (secondary N) is 3. The lowest BCUT2D eigenvalue weighted by Gasteiger charge is -2.27. The van der Waals surface area contributed by atoms with E-state index in [0.29, 0.717) is 0 Å². The molecule has 1 aromatic carbocycles. The normalized spacial score (nSPS) is 12.2. The third-order valence-corrected chi connectivity index (χ3v) is 3.30. The molecule has 0 saturated carbocycles. The van der Waals surface area contributed by atoms with Crippen LogP contribution in [-0.4, -0.2) is 30.8 Å². The molecule has 24 heavy (non-hydrogen) atoms. The monoisotopic (exact) mass is 333 g/mol. The smallest absolute Gasteiger partial charge is 0.239 e. The van der Waals surface area contributed by atoms with E-state index in [4.69, 9.17) is 0 Å². The lowest BCUT2D eigenvalue weighted by molar-refractivity contribution is -0.127. The van der Waals surface area contributed by atoms with Crippen LogP contribution in [0.25, 0.3) is 0 Å². The third kappa shape index (κ3) is 8.31. The first kappa shape index (κ1) is 19.7. The molecule has 0 radical (unpaired) electrons. The lowest BCUT2D eigenvalue weighted by Crippen LogP contribution is -2.42. The summed E-state index contributed by atoms with van der Waals surface area (Å²) in [5.41, 5.74) is 1.08. The maximum absolute atomic E-state index is 12.1. The standard InChI is InChI=1S/C18H27N3O3/c1-13(22)19-11-16(23)20-12-17(24)21-15(10-18(2,3)4)14-8-6-5-7-9-14/h5-9,15H,10-12H2,1-4H3,(H,19,22)(H,20,23)(H,21,24). The van der Waals surface area contributed by atoms with Gasteiger partial charge in [-0.15, -0.1) is 0 Å². The van der Waals surface area contributed by atoms with Crippen molar-refractivity contribution in [3.8, 4) is 0 Å². The van der Waals surface area contributed by atoms with Crippen molar-refractivity contribution in [1.82, 2.24) is 16.0 Å². The Bertz CT molecular complexity index is 565. The van der Waals surface area contributed by atoms with Gasteiger partial charge in [0, 0.05) is 6.92 Å². The Morgan fingerprint density at radius 1 is 0.958 bits per heavy atom. The Kier molecular flexibility index (Phi) is 7.42. The molecule has 0 heterocycles. The van der Waals surface area contributed by atoms with Gasteiger partial charge in [-0.05, 0) is 17.4 Å². The van der Waals surface area contributed by atoms with Crippen LogP contribution in [0.1, 0.15) is 45.7 Å². The summed E-state index contributed by atoms with van der Waals surface area (Å²) in [6.07, 6.45) is 0.780. The number of carbonyl (C=O) groups is 3. The van der Waals surface area contributed by atoms with Crippen LogP contribution in [0.2, 0.25) is 0 Å². The molecule has 1 atom stereocenters. The average Bonchev–Trinajstić information content (AvgIpc) is 2.50. The van der Waals surface area contributed by atoms with E-state index >= 15 is 0 Å². The molecule has 0 fully saturated rings. The quantitative estimate of drug-likeness (QED) is 0.707. The van der Waals surface area contributed by atoms with Gasteiger partial charge in [0.15, 0.2) is 0 Å². The predicted octanol–water partition coefficient (Wildman–Crippen LogP) is 1.53. The SMILES string of the molecule is CC(=O)NCC(=O)NCC(=O)NC(CC(C)(C)C)c1ccccc1. The molecule has 1 unspecified atom stereocenters. The van der Waals surface area contributed by atoms with Crippen LogP contribution in [0.3, 0.4) is 0 Å². The van der Waals surface area contributed by atoms with E-state index in [2.05, 4.69) is 36.7 Å². The summed E-state index contributed by atoms with van der Waals surface area (Å²) < 4.78 is 0. The number of amides is 3. The third-order valence-electron chi connectivity index (χ3n) is 3.30. The van der Waals surface area contributed by atoms with E-state index in [1.807, 2.05) is 30.3 Å². The Balaban J connectivity index is 2.58. The summed E-state index contributed by atoms with van der Waals surface area (Å²) in [7, 11) is 0. The maximum atomic E-state index is 12.1. The molecule has 0 aliphatic heterocycles. The van der Waals surface area contributed by atoms with Crippen molar-refractivity contribution < 1.29 is 14.4 Å². The van der Waals surface area contributed by atoms with E-state index in [9.17, 15) is 14.4 Å². The Labute approximate surface area is 143 Å². The molecule has 3 N–H and O–H groups in total.